The van der Waals surface area contributed by atoms with Crippen LogP contribution in [0.2, 0.25) is 0 Å². The summed E-state index contributed by atoms with van der Waals surface area (Å²) >= 11 is 0. The second-order valence-electron chi connectivity index (χ2n) is 7.03. The summed E-state index contributed by atoms with van der Waals surface area (Å²) in [5.74, 6) is -1.75. The molecule has 10 heteroatoms. The first-order valence-electron chi connectivity index (χ1n) is 9.09. The average molecular weight is 403 g/mol. The molecule has 4 N–H and O–H groups in total. The number of nitrogen functional groups attached to an aromatic ring is 1. The first kappa shape index (κ1) is 19.1. The number of benzene rings is 1. The van der Waals surface area contributed by atoms with Gasteiger partial charge in [0.05, 0.1) is 6.61 Å². The number of likely N-dealkylation sites (tertiary alicyclic amines) is 1. The summed E-state index contributed by atoms with van der Waals surface area (Å²) in [6.45, 7) is -0.00676. The lowest BCUT2D eigenvalue weighted by molar-refractivity contribution is 0.130. The summed E-state index contributed by atoms with van der Waals surface area (Å²) < 4.78 is 30.1. The Balaban J connectivity index is 1.88. The van der Waals surface area contributed by atoms with Crippen molar-refractivity contribution in [3.8, 4) is 11.1 Å². The van der Waals surface area contributed by atoms with E-state index in [1.165, 1.54) is 11.2 Å². The van der Waals surface area contributed by atoms with E-state index in [-0.39, 0.29) is 23.8 Å². The van der Waals surface area contributed by atoms with Gasteiger partial charge in [-0.1, -0.05) is 0 Å². The van der Waals surface area contributed by atoms with E-state index in [0.717, 1.165) is 18.6 Å². The van der Waals surface area contributed by atoms with E-state index in [9.17, 15) is 18.7 Å². The molecule has 0 unspecified atom stereocenters. The highest BCUT2D eigenvalue weighted by Crippen LogP contribution is 2.37. The van der Waals surface area contributed by atoms with Crippen molar-refractivity contribution in [1.82, 2.24) is 19.5 Å². The van der Waals surface area contributed by atoms with Crippen molar-refractivity contribution in [2.75, 3.05) is 18.8 Å². The third kappa shape index (κ3) is 3.25. The van der Waals surface area contributed by atoms with Crippen LogP contribution in [0.1, 0.15) is 30.0 Å². The van der Waals surface area contributed by atoms with Crippen LogP contribution in [0.4, 0.5) is 19.4 Å². The van der Waals surface area contributed by atoms with E-state index in [4.69, 9.17) is 10.8 Å². The maximum atomic E-state index is 14.3. The fourth-order valence-corrected chi connectivity index (χ4v) is 3.90. The van der Waals surface area contributed by atoms with Gasteiger partial charge in [0.2, 0.25) is 0 Å². The molecule has 1 fully saturated rings. The first-order valence-corrected chi connectivity index (χ1v) is 9.09. The normalized spacial score (nSPS) is 17.1. The minimum absolute atomic E-state index is 0.138. The fourth-order valence-electron chi connectivity index (χ4n) is 3.90. The molecule has 1 aromatic carbocycles. The number of hydrogen-bond donors (Lipinski definition) is 3. The smallest absolute Gasteiger partial charge is 0.407 e. The third-order valence-electron chi connectivity index (χ3n) is 5.33. The lowest BCUT2D eigenvalue weighted by atomic mass is 9.94. The molecule has 3 heterocycles. The molecule has 8 nitrogen and oxygen atoms in total. The highest BCUT2D eigenvalue weighted by molar-refractivity contribution is 5.88. The molecular formula is C19H19F2N5O3. The van der Waals surface area contributed by atoms with Crippen LogP contribution in [0.3, 0.4) is 0 Å². The quantitative estimate of drug-likeness (QED) is 0.619. The van der Waals surface area contributed by atoms with Gasteiger partial charge in [-0.25, -0.2) is 23.1 Å². The summed E-state index contributed by atoms with van der Waals surface area (Å²) in [7, 11) is 0. The maximum Gasteiger partial charge on any atom is 0.407 e. The largest absolute Gasteiger partial charge is 0.465 e. The van der Waals surface area contributed by atoms with Crippen LogP contribution in [0.5, 0.6) is 0 Å². The van der Waals surface area contributed by atoms with Gasteiger partial charge >= 0.3 is 6.09 Å². The SMILES string of the molecule is Nc1ncnn2c([C@H]3CCCN(C(=O)O)C3)cc(-c3cc(F)c(CO)c(F)c3)c12. The van der Waals surface area contributed by atoms with Gasteiger partial charge in [-0.05, 0) is 36.6 Å². The van der Waals surface area contributed by atoms with Crippen LogP contribution in [-0.4, -0.2) is 48.9 Å². The maximum absolute atomic E-state index is 14.3. The number of anilines is 1. The number of aliphatic hydroxyl groups is 1. The summed E-state index contributed by atoms with van der Waals surface area (Å²) in [5.41, 5.74) is 7.39. The fraction of sp³-hybridized carbons (Fsp3) is 0.316. The molecule has 0 aliphatic carbocycles. The number of carboxylic acid groups (broad SMARTS) is 1. The Morgan fingerprint density at radius 3 is 2.66 bits per heavy atom. The molecule has 3 aromatic rings. The van der Waals surface area contributed by atoms with Crippen molar-refractivity contribution >= 4 is 17.4 Å². The molecule has 0 spiro atoms. The second-order valence-corrected chi connectivity index (χ2v) is 7.03. The molecule has 0 radical (unpaired) electrons. The molecule has 4 rings (SSSR count). The highest BCUT2D eigenvalue weighted by atomic mass is 19.1. The van der Waals surface area contributed by atoms with E-state index in [1.54, 1.807) is 10.6 Å². The Morgan fingerprint density at radius 1 is 1.28 bits per heavy atom. The average Bonchev–Trinajstić information content (AvgIpc) is 3.09. The second kappa shape index (κ2) is 7.28. The van der Waals surface area contributed by atoms with Gasteiger partial charge in [-0.15, -0.1) is 0 Å². The van der Waals surface area contributed by atoms with Crippen molar-refractivity contribution in [3.63, 3.8) is 0 Å². The van der Waals surface area contributed by atoms with Crippen molar-refractivity contribution in [1.29, 1.82) is 0 Å². The molecule has 1 saturated heterocycles. The number of carbonyl (C=O) groups is 1. The monoisotopic (exact) mass is 403 g/mol. The molecule has 0 saturated carbocycles. The van der Waals surface area contributed by atoms with Gasteiger partial charge in [-0.2, -0.15) is 5.10 Å². The predicted octanol–water partition coefficient (Wildman–Crippen LogP) is 2.61. The van der Waals surface area contributed by atoms with Crippen molar-refractivity contribution < 1.29 is 23.8 Å². The highest BCUT2D eigenvalue weighted by Gasteiger charge is 2.28. The Bertz CT molecular complexity index is 1080. The number of aliphatic hydroxyl groups excluding tert-OH is 1. The van der Waals surface area contributed by atoms with E-state index in [2.05, 4.69) is 10.1 Å². The molecule has 29 heavy (non-hydrogen) atoms. The zero-order chi connectivity index (χ0) is 20.7. The van der Waals surface area contributed by atoms with Gasteiger partial charge < -0.3 is 20.8 Å². The lowest BCUT2D eigenvalue weighted by Gasteiger charge is -2.30. The van der Waals surface area contributed by atoms with E-state index in [1.807, 2.05) is 0 Å². The van der Waals surface area contributed by atoms with Crippen LogP contribution in [0, 0.1) is 11.6 Å². The van der Waals surface area contributed by atoms with Crippen LogP contribution >= 0.6 is 0 Å². The van der Waals surface area contributed by atoms with Gasteiger partial charge in [-0.3, -0.25) is 0 Å². The summed E-state index contributed by atoms with van der Waals surface area (Å²) in [5, 5.41) is 22.7. The summed E-state index contributed by atoms with van der Waals surface area (Å²) in [4.78, 5) is 16.7. The number of nitrogens with zero attached hydrogens (tertiary/aromatic N) is 4. The lowest BCUT2D eigenvalue weighted by Crippen LogP contribution is -2.38. The number of fused-ring (bicyclic) bond motifs is 1. The van der Waals surface area contributed by atoms with Gasteiger partial charge in [0.15, 0.2) is 5.82 Å². The standard InChI is InChI=1S/C19H19F2N5O3/c20-14-4-11(5-15(21)13(14)8-27)12-6-16(26-17(12)18(22)23-9-24-26)10-2-1-3-25(7-10)19(28)29/h4-6,9-10,27H,1-3,7-8H2,(H,28,29)(H2,22,23,24)/t10-/m0/s1. The van der Waals surface area contributed by atoms with Crippen LogP contribution in [-0.2, 0) is 6.61 Å². The van der Waals surface area contributed by atoms with Crippen molar-refractivity contribution in [2.45, 2.75) is 25.4 Å². The predicted molar refractivity (Wildman–Crippen MR) is 100 cm³/mol. The zero-order valence-corrected chi connectivity index (χ0v) is 15.3. The van der Waals surface area contributed by atoms with Gasteiger partial charge in [0.25, 0.3) is 0 Å². The first-order chi connectivity index (χ1) is 13.9. The van der Waals surface area contributed by atoms with Gasteiger partial charge in [0, 0.05) is 35.8 Å². The van der Waals surface area contributed by atoms with Crippen LogP contribution in [0.15, 0.2) is 24.5 Å². The number of piperidine rings is 1. The molecule has 2 aromatic heterocycles. The molecule has 0 bridgehead atoms. The van der Waals surface area contributed by atoms with Crippen LogP contribution in [0.25, 0.3) is 16.6 Å². The third-order valence-corrected chi connectivity index (χ3v) is 5.33. The minimum atomic E-state index is -0.992. The van der Waals surface area contributed by atoms with E-state index in [0.29, 0.717) is 29.7 Å². The summed E-state index contributed by atoms with van der Waals surface area (Å²) in [6, 6.07) is 3.98. The Morgan fingerprint density at radius 2 is 2.00 bits per heavy atom. The van der Waals surface area contributed by atoms with E-state index < -0.39 is 29.9 Å². The number of halogens is 2. The Labute approximate surface area is 164 Å². The Kier molecular flexibility index (Phi) is 4.79. The van der Waals surface area contributed by atoms with Crippen molar-refractivity contribution in [2.24, 2.45) is 0 Å². The molecule has 1 aliphatic rings. The van der Waals surface area contributed by atoms with Crippen LogP contribution < -0.4 is 5.73 Å². The minimum Gasteiger partial charge on any atom is -0.465 e. The molecule has 1 aliphatic heterocycles. The number of hydrogen-bond acceptors (Lipinski definition) is 5. The molecule has 152 valence electrons. The number of nitrogens with two attached hydrogens (primary N) is 1. The number of rotatable bonds is 3. The topological polar surface area (TPSA) is 117 Å². The molecule has 1 amide bonds. The molecule has 1 atom stereocenters. The Hall–Kier alpha value is -3.27. The number of amides is 1. The zero-order valence-electron chi connectivity index (χ0n) is 15.3. The van der Waals surface area contributed by atoms with Crippen molar-refractivity contribution in [3.05, 3.63) is 47.4 Å². The summed E-state index contributed by atoms with van der Waals surface area (Å²) in [6.07, 6.45) is 1.72. The molecular weight excluding hydrogens is 384 g/mol. The van der Waals surface area contributed by atoms with E-state index >= 15 is 0 Å². The number of aromatic nitrogens is 3. The van der Waals surface area contributed by atoms with Gasteiger partial charge in [0.1, 0.15) is 23.5 Å².